The first-order chi connectivity index (χ1) is 7.54. The highest BCUT2D eigenvalue weighted by Crippen LogP contribution is 2.14. The summed E-state index contributed by atoms with van der Waals surface area (Å²) < 4.78 is 0. The summed E-state index contributed by atoms with van der Waals surface area (Å²) in [6.07, 6.45) is 1.19. The molecule has 1 aliphatic rings. The second-order valence-electron chi connectivity index (χ2n) is 5.06. The molecule has 0 bridgehead atoms. The molecule has 1 aliphatic heterocycles. The van der Waals surface area contributed by atoms with Crippen molar-refractivity contribution in [2.75, 3.05) is 26.2 Å². The zero-order chi connectivity index (χ0) is 12.1. The molecule has 1 amide bonds. The Morgan fingerprint density at radius 2 is 2.25 bits per heavy atom. The molecule has 3 N–H and O–H groups in total. The molecule has 4 nitrogen and oxygen atoms in total. The van der Waals surface area contributed by atoms with Gasteiger partial charge < -0.3 is 16.0 Å². The van der Waals surface area contributed by atoms with Crippen LogP contribution in [0.1, 0.15) is 27.2 Å². The Hall–Kier alpha value is -0.610. The van der Waals surface area contributed by atoms with Gasteiger partial charge in [-0.1, -0.05) is 20.8 Å². The molecule has 2 unspecified atom stereocenters. The van der Waals surface area contributed by atoms with Crippen LogP contribution in [0.5, 0.6) is 0 Å². The quantitative estimate of drug-likeness (QED) is 0.716. The first-order valence-corrected chi connectivity index (χ1v) is 6.30. The summed E-state index contributed by atoms with van der Waals surface area (Å²) in [7, 11) is 0. The van der Waals surface area contributed by atoms with Gasteiger partial charge in [-0.25, -0.2) is 0 Å². The fourth-order valence-corrected chi connectivity index (χ4v) is 2.03. The minimum Gasteiger partial charge on any atom is -0.354 e. The first-order valence-electron chi connectivity index (χ1n) is 6.30. The van der Waals surface area contributed by atoms with Crippen LogP contribution < -0.4 is 11.1 Å². The van der Waals surface area contributed by atoms with Gasteiger partial charge in [-0.05, 0) is 31.3 Å². The van der Waals surface area contributed by atoms with Crippen molar-refractivity contribution in [2.45, 2.75) is 33.2 Å². The first kappa shape index (κ1) is 13.5. The SMILES string of the molecule is CCN1CCC(CNC(=O)C(N)C(C)C)C1. The molecule has 1 fully saturated rings. The summed E-state index contributed by atoms with van der Waals surface area (Å²) in [6.45, 7) is 10.3. The Morgan fingerprint density at radius 3 is 2.75 bits per heavy atom. The van der Waals surface area contributed by atoms with Gasteiger partial charge in [0.25, 0.3) is 0 Å². The molecule has 0 aliphatic carbocycles. The molecule has 94 valence electrons. The van der Waals surface area contributed by atoms with Gasteiger partial charge in [-0.2, -0.15) is 0 Å². The summed E-state index contributed by atoms with van der Waals surface area (Å²) in [5.74, 6) is 0.795. The Bertz CT molecular complexity index is 230. The van der Waals surface area contributed by atoms with Crippen molar-refractivity contribution in [1.29, 1.82) is 0 Å². The molecule has 0 aromatic rings. The Labute approximate surface area is 98.6 Å². The molecule has 0 aromatic heterocycles. The number of nitrogens with two attached hydrogens (primary N) is 1. The van der Waals surface area contributed by atoms with Crippen LogP contribution in [0, 0.1) is 11.8 Å². The van der Waals surface area contributed by atoms with E-state index in [4.69, 9.17) is 5.73 Å². The lowest BCUT2D eigenvalue weighted by atomic mass is 10.0. The summed E-state index contributed by atoms with van der Waals surface area (Å²) in [6, 6.07) is -0.372. The standard InChI is InChI=1S/C12H25N3O/c1-4-15-6-5-10(8-15)7-14-12(16)11(13)9(2)3/h9-11H,4-8,13H2,1-3H3,(H,14,16). The molecule has 16 heavy (non-hydrogen) atoms. The van der Waals surface area contributed by atoms with Crippen molar-refractivity contribution in [2.24, 2.45) is 17.6 Å². The molecule has 0 radical (unpaired) electrons. The van der Waals surface area contributed by atoms with Crippen molar-refractivity contribution < 1.29 is 4.79 Å². The maximum atomic E-state index is 11.6. The molecule has 2 atom stereocenters. The lowest BCUT2D eigenvalue weighted by Gasteiger charge is -2.18. The number of hydrogen-bond donors (Lipinski definition) is 2. The summed E-state index contributed by atoms with van der Waals surface area (Å²) in [5.41, 5.74) is 5.78. The maximum absolute atomic E-state index is 11.6. The number of nitrogens with zero attached hydrogens (tertiary/aromatic N) is 1. The lowest BCUT2D eigenvalue weighted by Crippen LogP contribution is -2.45. The van der Waals surface area contributed by atoms with Gasteiger partial charge in [0.15, 0.2) is 0 Å². The smallest absolute Gasteiger partial charge is 0.237 e. The molecule has 0 aromatic carbocycles. The van der Waals surface area contributed by atoms with E-state index >= 15 is 0 Å². The fourth-order valence-electron chi connectivity index (χ4n) is 2.03. The van der Waals surface area contributed by atoms with Gasteiger partial charge >= 0.3 is 0 Å². The van der Waals surface area contributed by atoms with E-state index in [1.54, 1.807) is 0 Å². The van der Waals surface area contributed by atoms with E-state index < -0.39 is 0 Å². The highest BCUT2D eigenvalue weighted by Gasteiger charge is 2.23. The van der Waals surface area contributed by atoms with Crippen molar-refractivity contribution in [3.8, 4) is 0 Å². The summed E-state index contributed by atoms with van der Waals surface area (Å²) >= 11 is 0. The van der Waals surface area contributed by atoms with E-state index in [9.17, 15) is 4.79 Å². The monoisotopic (exact) mass is 227 g/mol. The third-order valence-corrected chi connectivity index (χ3v) is 3.40. The summed E-state index contributed by atoms with van der Waals surface area (Å²) in [4.78, 5) is 14.1. The number of hydrogen-bond acceptors (Lipinski definition) is 3. The highest BCUT2D eigenvalue weighted by molar-refractivity contribution is 5.81. The van der Waals surface area contributed by atoms with E-state index in [2.05, 4.69) is 17.1 Å². The second-order valence-corrected chi connectivity index (χ2v) is 5.06. The van der Waals surface area contributed by atoms with Crippen LogP contribution in [0.25, 0.3) is 0 Å². The number of likely N-dealkylation sites (tertiary alicyclic amines) is 1. The van der Waals surface area contributed by atoms with Gasteiger partial charge in [0, 0.05) is 13.1 Å². The Morgan fingerprint density at radius 1 is 1.56 bits per heavy atom. The van der Waals surface area contributed by atoms with Crippen molar-refractivity contribution >= 4 is 5.91 Å². The molecule has 1 saturated heterocycles. The van der Waals surface area contributed by atoms with Crippen LogP contribution in [-0.2, 0) is 4.79 Å². The van der Waals surface area contributed by atoms with Crippen LogP contribution >= 0.6 is 0 Å². The van der Waals surface area contributed by atoms with Crippen LogP contribution in [0.2, 0.25) is 0 Å². The lowest BCUT2D eigenvalue weighted by molar-refractivity contribution is -0.123. The number of rotatable bonds is 5. The third kappa shape index (κ3) is 3.76. The van der Waals surface area contributed by atoms with Gasteiger partial charge in [0.2, 0.25) is 5.91 Å². The number of amides is 1. The molecule has 0 spiro atoms. The minimum atomic E-state index is -0.372. The highest BCUT2D eigenvalue weighted by atomic mass is 16.2. The largest absolute Gasteiger partial charge is 0.354 e. The number of carbonyl (C=O) groups is 1. The van der Waals surface area contributed by atoms with E-state index in [0.29, 0.717) is 5.92 Å². The third-order valence-electron chi connectivity index (χ3n) is 3.40. The average Bonchev–Trinajstić information content (AvgIpc) is 2.72. The van der Waals surface area contributed by atoms with E-state index in [-0.39, 0.29) is 17.9 Å². The molecule has 1 rings (SSSR count). The molecule has 1 heterocycles. The van der Waals surface area contributed by atoms with E-state index in [1.165, 1.54) is 6.42 Å². The van der Waals surface area contributed by atoms with Crippen LogP contribution in [0.15, 0.2) is 0 Å². The van der Waals surface area contributed by atoms with Gasteiger partial charge in [-0.15, -0.1) is 0 Å². The molecular weight excluding hydrogens is 202 g/mol. The molecular formula is C12H25N3O. The van der Waals surface area contributed by atoms with Gasteiger partial charge in [0.05, 0.1) is 6.04 Å². The van der Waals surface area contributed by atoms with Crippen molar-refractivity contribution in [3.63, 3.8) is 0 Å². The zero-order valence-electron chi connectivity index (χ0n) is 10.7. The maximum Gasteiger partial charge on any atom is 0.237 e. The van der Waals surface area contributed by atoms with Crippen LogP contribution in [0.4, 0.5) is 0 Å². The van der Waals surface area contributed by atoms with Crippen LogP contribution in [-0.4, -0.2) is 43.0 Å². The van der Waals surface area contributed by atoms with E-state index in [1.807, 2.05) is 13.8 Å². The van der Waals surface area contributed by atoms with E-state index in [0.717, 1.165) is 26.2 Å². The fraction of sp³-hybridized carbons (Fsp3) is 0.917. The topological polar surface area (TPSA) is 58.4 Å². The predicted molar refractivity (Wildman–Crippen MR) is 66.0 cm³/mol. The Balaban J connectivity index is 2.22. The minimum absolute atomic E-state index is 0.00931. The predicted octanol–water partition coefficient (Wildman–Crippen LogP) is 0.428. The zero-order valence-corrected chi connectivity index (χ0v) is 10.7. The van der Waals surface area contributed by atoms with Crippen LogP contribution in [0.3, 0.4) is 0 Å². The van der Waals surface area contributed by atoms with Crippen molar-refractivity contribution in [3.05, 3.63) is 0 Å². The van der Waals surface area contributed by atoms with Gasteiger partial charge in [0.1, 0.15) is 0 Å². The number of nitrogens with one attached hydrogen (secondary N) is 1. The molecule has 4 heteroatoms. The van der Waals surface area contributed by atoms with Gasteiger partial charge in [-0.3, -0.25) is 4.79 Å². The molecule has 0 saturated carbocycles. The average molecular weight is 227 g/mol. The Kier molecular flexibility index (Phi) is 5.22. The summed E-state index contributed by atoms with van der Waals surface area (Å²) in [5, 5.41) is 2.96. The second kappa shape index (κ2) is 6.21. The normalized spacial score (nSPS) is 23.7. The number of carbonyl (C=O) groups excluding carboxylic acids is 1. The van der Waals surface area contributed by atoms with Crippen molar-refractivity contribution in [1.82, 2.24) is 10.2 Å².